The monoisotopic (exact) mass is 209 g/mol. The molecule has 0 radical (unpaired) electrons. The van der Waals surface area contributed by atoms with Crippen LogP contribution in [0.15, 0.2) is 12.1 Å². The van der Waals surface area contributed by atoms with Crippen molar-refractivity contribution in [1.82, 2.24) is 0 Å². The third-order valence-electron chi connectivity index (χ3n) is 3.05. The van der Waals surface area contributed by atoms with E-state index in [1.165, 1.54) is 6.07 Å². The van der Waals surface area contributed by atoms with Crippen LogP contribution < -0.4 is 10.5 Å². The highest BCUT2D eigenvalue weighted by Gasteiger charge is 2.44. The first kappa shape index (κ1) is 9.12. The predicted molar refractivity (Wildman–Crippen MR) is 51.8 cm³/mol. The molecule has 1 aliphatic carbocycles. The maximum atomic E-state index is 13.7. The Balaban J connectivity index is 2.18. The number of halogens is 1. The molecule has 3 rings (SSSR count). The van der Waals surface area contributed by atoms with Crippen molar-refractivity contribution in [3.8, 4) is 5.75 Å². The Morgan fingerprint density at radius 2 is 2.13 bits per heavy atom. The lowest BCUT2D eigenvalue weighted by Crippen LogP contribution is -2.25. The summed E-state index contributed by atoms with van der Waals surface area (Å²) in [5, 5.41) is 0. The Kier molecular flexibility index (Phi) is 1.78. The Morgan fingerprint density at radius 1 is 1.33 bits per heavy atom. The van der Waals surface area contributed by atoms with Crippen molar-refractivity contribution in [1.29, 1.82) is 0 Å². The quantitative estimate of drug-likeness (QED) is 0.764. The van der Waals surface area contributed by atoms with Crippen molar-refractivity contribution in [2.24, 2.45) is 5.73 Å². The number of rotatable bonds is 1. The molecule has 3 nitrogen and oxygen atoms in total. The summed E-state index contributed by atoms with van der Waals surface area (Å²) in [5.41, 5.74) is 6.92. The molecule has 1 heterocycles. The second-order valence-electron chi connectivity index (χ2n) is 4.17. The van der Waals surface area contributed by atoms with Gasteiger partial charge in [-0.15, -0.1) is 0 Å². The molecule has 1 aromatic rings. The summed E-state index contributed by atoms with van der Waals surface area (Å²) in [5.74, 6) is 0.456. The summed E-state index contributed by atoms with van der Waals surface area (Å²) >= 11 is 0. The number of fused-ring (bicyclic) bond motifs is 1. The van der Waals surface area contributed by atoms with Gasteiger partial charge in [0.15, 0.2) is 6.79 Å². The van der Waals surface area contributed by atoms with Crippen LogP contribution >= 0.6 is 0 Å². The van der Waals surface area contributed by atoms with E-state index in [1.54, 1.807) is 6.07 Å². The minimum atomic E-state index is -0.487. The van der Waals surface area contributed by atoms with Gasteiger partial charge in [0, 0.05) is 16.7 Å². The fourth-order valence-corrected chi connectivity index (χ4v) is 2.05. The molecule has 2 aliphatic rings. The van der Waals surface area contributed by atoms with E-state index in [9.17, 15) is 4.39 Å². The summed E-state index contributed by atoms with van der Waals surface area (Å²) in [7, 11) is 0. The van der Waals surface area contributed by atoms with Crippen molar-refractivity contribution in [2.75, 3.05) is 6.79 Å². The molecule has 0 spiro atoms. The predicted octanol–water partition coefficient (Wildman–Crippen LogP) is 1.64. The van der Waals surface area contributed by atoms with Gasteiger partial charge in [-0.05, 0) is 25.0 Å². The zero-order valence-electron chi connectivity index (χ0n) is 8.25. The highest BCUT2D eigenvalue weighted by Crippen LogP contribution is 2.47. The maximum Gasteiger partial charge on any atom is 0.189 e. The standard InChI is InChI=1S/C11H12FNO2/c12-8-1-2-9-7(5-14-6-15-9)10(8)11(13)3-4-11/h1-2H,3-6,13H2. The smallest absolute Gasteiger partial charge is 0.189 e. The average molecular weight is 209 g/mol. The molecule has 0 bridgehead atoms. The Hall–Kier alpha value is -1.13. The molecule has 0 unspecified atom stereocenters. The van der Waals surface area contributed by atoms with Crippen LogP contribution in [0, 0.1) is 5.82 Å². The van der Waals surface area contributed by atoms with Crippen LogP contribution in [-0.2, 0) is 16.9 Å². The molecular formula is C11H12FNO2. The zero-order valence-corrected chi connectivity index (χ0v) is 8.25. The van der Waals surface area contributed by atoms with E-state index in [-0.39, 0.29) is 12.6 Å². The lowest BCUT2D eigenvalue weighted by molar-refractivity contribution is -0.0173. The molecule has 1 saturated carbocycles. The van der Waals surface area contributed by atoms with E-state index >= 15 is 0 Å². The van der Waals surface area contributed by atoms with Gasteiger partial charge in [-0.3, -0.25) is 0 Å². The normalized spacial score (nSPS) is 21.7. The first-order valence-electron chi connectivity index (χ1n) is 5.02. The van der Waals surface area contributed by atoms with Crippen LogP contribution in [0.5, 0.6) is 5.75 Å². The van der Waals surface area contributed by atoms with Crippen LogP contribution in [0.2, 0.25) is 0 Å². The Morgan fingerprint density at radius 3 is 2.87 bits per heavy atom. The number of hydrogen-bond donors (Lipinski definition) is 1. The van der Waals surface area contributed by atoms with Gasteiger partial charge < -0.3 is 15.2 Å². The van der Waals surface area contributed by atoms with Gasteiger partial charge in [0.1, 0.15) is 11.6 Å². The van der Waals surface area contributed by atoms with Gasteiger partial charge in [0.25, 0.3) is 0 Å². The summed E-state index contributed by atoms with van der Waals surface area (Å²) in [4.78, 5) is 0. The van der Waals surface area contributed by atoms with Crippen molar-refractivity contribution in [2.45, 2.75) is 25.0 Å². The number of benzene rings is 1. The third-order valence-corrected chi connectivity index (χ3v) is 3.05. The van der Waals surface area contributed by atoms with E-state index < -0.39 is 5.54 Å². The minimum absolute atomic E-state index is 0.232. The number of hydrogen-bond acceptors (Lipinski definition) is 3. The maximum absolute atomic E-state index is 13.7. The van der Waals surface area contributed by atoms with Crippen LogP contribution in [0.4, 0.5) is 4.39 Å². The molecule has 1 fully saturated rings. The second-order valence-corrected chi connectivity index (χ2v) is 4.17. The van der Waals surface area contributed by atoms with Gasteiger partial charge >= 0.3 is 0 Å². The first-order chi connectivity index (χ1) is 7.21. The third kappa shape index (κ3) is 1.33. The van der Waals surface area contributed by atoms with Gasteiger partial charge in [0.05, 0.1) is 6.61 Å². The highest BCUT2D eigenvalue weighted by atomic mass is 19.1. The van der Waals surface area contributed by atoms with E-state index in [4.69, 9.17) is 15.2 Å². The van der Waals surface area contributed by atoms with E-state index in [1.807, 2.05) is 0 Å². The van der Waals surface area contributed by atoms with E-state index in [0.717, 1.165) is 18.4 Å². The van der Waals surface area contributed by atoms with Gasteiger partial charge in [-0.2, -0.15) is 0 Å². The molecule has 80 valence electrons. The van der Waals surface area contributed by atoms with Crippen molar-refractivity contribution >= 4 is 0 Å². The topological polar surface area (TPSA) is 44.5 Å². The van der Waals surface area contributed by atoms with Gasteiger partial charge in [-0.25, -0.2) is 4.39 Å². The highest BCUT2D eigenvalue weighted by molar-refractivity contribution is 5.47. The Labute approximate surface area is 87.0 Å². The molecule has 0 atom stereocenters. The van der Waals surface area contributed by atoms with Gasteiger partial charge in [0.2, 0.25) is 0 Å². The second kappa shape index (κ2) is 2.93. The average Bonchev–Trinajstić information content (AvgIpc) is 2.97. The molecule has 1 aliphatic heterocycles. The van der Waals surface area contributed by atoms with Crippen LogP contribution in [-0.4, -0.2) is 6.79 Å². The number of nitrogens with two attached hydrogens (primary N) is 1. The lowest BCUT2D eigenvalue weighted by atomic mass is 9.97. The summed E-state index contributed by atoms with van der Waals surface area (Å²) in [6, 6.07) is 3.06. The fraction of sp³-hybridized carbons (Fsp3) is 0.455. The van der Waals surface area contributed by atoms with E-state index in [2.05, 4.69) is 0 Å². The van der Waals surface area contributed by atoms with Crippen molar-refractivity contribution in [3.63, 3.8) is 0 Å². The fourth-order valence-electron chi connectivity index (χ4n) is 2.05. The van der Waals surface area contributed by atoms with Crippen LogP contribution in [0.3, 0.4) is 0 Å². The molecule has 0 aromatic heterocycles. The van der Waals surface area contributed by atoms with E-state index in [0.29, 0.717) is 17.9 Å². The van der Waals surface area contributed by atoms with Crippen LogP contribution in [0.25, 0.3) is 0 Å². The SMILES string of the molecule is NC1(c2c(F)ccc3c2COCO3)CC1. The van der Waals surface area contributed by atoms with Gasteiger partial charge in [-0.1, -0.05) is 0 Å². The molecule has 4 heteroatoms. The largest absolute Gasteiger partial charge is 0.467 e. The zero-order chi connectivity index (χ0) is 10.5. The number of ether oxygens (including phenoxy) is 2. The molecule has 2 N–H and O–H groups in total. The molecular weight excluding hydrogens is 197 g/mol. The van der Waals surface area contributed by atoms with Crippen molar-refractivity contribution in [3.05, 3.63) is 29.1 Å². The summed E-state index contributed by atoms with van der Waals surface area (Å²) in [6.07, 6.45) is 1.67. The lowest BCUT2D eigenvalue weighted by Gasteiger charge is -2.23. The van der Waals surface area contributed by atoms with Crippen LogP contribution in [0.1, 0.15) is 24.0 Å². The summed E-state index contributed by atoms with van der Waals surface area (Å²) < 4.78 is 24.2. The molecule has 0 saturated heterocycles. The molecule has 15 heavy (non-hydrogen) atoms. The Bertz CT molecular complexity index is 415. The minimum Gasteiger partial charge on any atom is -0.467 e. The van der Waals surface area contributed by atoms with Crippen molar-refractivity contribution < 1.29 is 13.9 Å². The first-order valence-corrected chi connectivity index (χ1v) is 5.02. The summed E-state index contributed by atoms with van der Waals surface area (Å²) in [6.45, 7) is 0.622. The molecule has 1 aromatic carbocycles. The molecule has 0 amide bonds.